The van der Waals surface area contributed by atoms with Gasteiger partial charge in [0, 0.05) is 113 Å². The van der Waals surface area contributed by atoms with Gasteiger partial charge in [0.15, 0.2) is 59.7 Å². The summed E-state index contributed by atoms with van der Waals surface area (Å²) in [6.07, 6.45) is 0.682. The molecule has 3 aromatic carbocycles. The number of aliphatic hydroxyl groups is 1. The molecule has 0 spiro atoms. The monoisotopic (exact) mass is 1500 g/mol. The summed E-state index contributed by atoms with van der Waals surface area (Å²) in [7, 11) is 10.7. The fraction of sp³-hybridized carbons (Fsp3) is 0.507. The lowest BCUT2D eigenvalue weighted by Gasteiger charge is -2.42. The van der Waals surface area contributed by atoms with E-state index in [9.17, 15) is 48.3 Å². The van der Waals surface area contributed by atoms with Gasteiger partial charge >= 0.3 is 42.2 Å². The summed E-state index contributed by atoms with van der Waals surface area (Å²) in [4.78, 5) is 136. The van der Waals surface area contributed by atoms with Crippen LogP contribution in [-0.4, -0.2) is 237 Å². The molecule has 4 aliphatic heterocycles. The Bertz CT molecular complexity index is 4360. The van der Waals surface area contributed by atoms with E-state index in [-0.39, 0.29) is 94.1 Å². The van der Waals surface area contributed by atoms with E-state index in [4.69, 9.17) is 57.4 Å². The Morgan fingerprint density at radius 1 is 0.759 bits per heavy atom. The molecule has 0 aliphatic carbocycles. The molecular formula is C75H93N12O21+. The van der Waals surface area contributed by atoms with E-state index in [0.29, 0.717) is 78.2 Å². The standard InChI is InChI=1S/C75H92N12O21/c1-45-24-28-86(62(91)23-27-76)41-56(45)84(8)68-51-26-30-87(69(51)78-43-77-68)72(94)80(4)31-32-82(6)74(96)101-42-48-19-21-57(106-71-66(105-47(3)89)63(92)65(104-46(2)88)67(107-71)70(93)99-10)54(36-48)79-61(90)18-16-14-12-11-13-15-17-35-100-73(95)81(5)33-34-83(7)75(97)108-64-53-40-85-29-25-50-38-59-60(103-44-102-59)39-52(50)55(85)37-49(53)20-22-58(64)98-9/h19-22,26,30,36-40,43,45,56,63,65-67,71,92H,11-18,23-25,28-29,31-35,41-42,44H2,1-10H3/p+1/t45-,56+,63+,65+,66-,67?,71-/m1/s1. The van der Waals surface area contributed by atoms with Crippen LogP contribution in [0.3, 0.4) is 0 Å². The Morgan fingerprint density at radius 2 is 1.43 bits per heavy atom. The van der Waals surface area contributed by atoms with Gasteiger partial charge in [-0.1, -0.05) is 45.1 Å². The molecular weight excluding hydrogens is 1400 g/mol. The number of hydrogen-bond donors (Lipinski definition) is 2. The van der Waals surface area contributed by atoms with Gasteiger partial charge in [-0.15, -0.1) is 0 Å². The summed E-state index contributed by atoms with van der Waals surface area (Å²) < 4.78 is 65.3. The second-order valence-corrected chi connectivity index (χ2v) is 27.1. The minimum atomic E-state index is -1.87. The first-order chi connectivity index (χ1) is 51.9. The molecule has 108 heavy (non-hydrogen) atoms. The number of aliphatic hydroxyl groups excluding tert-OH is 1. The lowest BCUT2D eigenvalue weighted by atomic mass is 9.92. The second-order valence-electron chi connectivity index (χ2n) is 27.1. The van der Waals surface area contributed by atoms with Gasteiger partial charge in [-0.25, -0.2) is 33.9 Å². The molecule has 0 bridgehead atoms. The van der Waals surface area contributed by atoms with Crippen LogP contribution in [0.1, 0.15) is 96.1 Å². The van der Waals surface area contributed by atoms with Crippen molar-refractivity contribution in [3.8, 4) is 46.1 Å². The molecule has 578 valence electrons. The number of carbonyl (C=O) groups is 9. The van der Waals surface area contributed by atoms with Gasteiger partial charge in [-0.3, -0.25) is 23.7 Å². The van der Waals surface area contributed by atoms with Crippen molar-refractivity contribution in [2.75, 3.05) is 112 Å². The number of anilines is 2. The maximum atomic E-state index is 13.9. The molecule has 2 fully saturated rings. The summed E-state index contributed by atoms with van der Waals surface area (Å²) in [5.41, 5.74) is 3.95. The minimum Gasteiger partial charge on any atom is -0.493 e. The third-order valence-electron chi connectivity index (χ3n) is 19.5. The van der Waals surface area contributed by atoms with Crippen molar-refractivity contribution in [1.82, 2.24) is 39.0 Å². The topological polar surface area (TPSA) is 365 Å². The molecule has 7 heterocycles. The lowest BCUT2D eigenvalue weighted by Crippen LogP contribution is -2.63. The third kappa shape index (κ3) is 19.1. The number of likely N-dealkylation sites (tertiary alicyclic amines) is 1. The molecule has 3 aromatic heterocycles. The van der Waals surface area contributed by atoms with Crippen molar-refractivity contribution in [1.29, 1.82) is 5.26 Å². The number of pyridine rings is 1. The van der Waals surface area contributed by atoms with E-state index in [1.54, 1.807) is 44.4 Å². The highest BCUT2D eigenvalue weighted by Gasteiger charge is 2.54. The normalized spacial score (nSPS) is 18.2. The van der Waals surface area contributed by atoms with Crippen molar-refractivity contribution < 1.29 is 105 Å². The molecule has 4 aliphatic rings. The van der Waals surface area contributed by atoms with Crippen LogP contribution in [0.4, 0.5) is 30.7 Å². The number of piperidine rings is 1. The van der Waals surface area contributed by atoms with E-state index < -0.39 is 78.8 Å². The minimum absolute atomic E-state index is 0.0394. The number of methoxy groups -OCH3 is 2. The second kappa shape index (κ2) is 36.4. The van der Waals surface area contributed by atoms with Crippen molar-refractivity contribution in [3.05, 3.63) is 84.4 Å². The molecule has 33 nitrogen and oxygen atoms in total. The number of likely N-dealkylation sites (N-methyl/N-ethyl adjacent to an activating group) is 5. The average Bonchev–Trinajstić information content (AvgIpc) is 0.905. The highest BCUT2D eigenvalue weighted by Crippen LogP contribution is 2.43. The number of nitrogens with one attached hydrogen (secondary N) is 1. The van der Waals surface area contributed by atoms with Crippen molar-refractivity contribution in [3.63, 3.8) is 0 Å². The summed E-state index contributed by atoms with van der Waals surface area (Å²) in [5, 5.41) is 25.6. The number of esters is 3. The van der Waals surface area contributed by atoms with Gasteiger partial charge in [0.05, 0.1) is 55.0 Å². The molecule has 7 atom stereocenters. The number of nitriles is 1. The van der Waals surface area contributed by atoms with Crippen LogP contribution in [0.2, 0.25) is 0 Å². The molecule has 2 saturated heterocycles. The Labute approximate surface area is 624 Å². The number of aromatic nitrogens is 4. The van der Waals surface area contributed by atoms with Crippen molar-refractivity contribution in [2.45, 2.75) is 141 Å². The molecule has 6 amide bonds. The summed E-state index contributed by atoms with van der Waals surface area (Å²) in [6, 6.07) is 17.3. The summed E-state index contributed by atoms with van der Waals surface area (Å²) in [6.45, 7) is 6.35. The number of rotatable bonds is 29. The van der Waals surface area contributed by atoms with Crippen LogP contribution in [0.25, 0.3) is 33.1 Å². The Hall–Kier alpha value is -11.3. The number of nitrogens with zero attached hydrogens (tertiary/aromatic N) is 11. The number of ether oxygens (including phenoxy) is 11. The highest BCUT2D eigenvalue weighted by molar-refractivity contribution is 5.96. The summed E-state index contributed by atoms with van der Waals surface area (Å²) >= 11 is 0. The van der Waals surface area contributed by atoms with Crippen LogP contribution in [-0.2, 0) is 72.0 Å². The number of hydrogen-bond acceptors (Lipinski definition) is 25. The van der Waals surface area contributed by atoms with Crippen LogP contribution in [0.5, 0.6) is 28.7 Å². The first-order valence-corrected chi connectivity index (χ1v) is 35.8. The van der Waals surface area contributed by atoms with Gasteiger partial charge in [0.2, 0.25) is 30.6 Å². The van der Waals surface area contributed by atoms with Crippen LogP contribution in [0, 0.1) is 17.2 Å². The number of carbonyl (C=O) groups excluding carboxylic acids is 9. The first-order valence-electron chi connectivity index (χ1n) is 35.8. The first kappa shape index (κ1) is 79.3. The molecule has 1 unspecified atom stereocenters. The predicted molar refractivity (Wildman–Crippen MR) is 386 cm³/mol. The molecule has 33 heteroatoms. The zero-order valence-corrected chi connectivity index (χ0v) is 62.4. The quantitative estimate of drug-likeness (QED) is 0.0200. The molecule has 0 radical (unpaired) electrons. The van der Waals surface area contributed by atoms with Crippen molar-refractivity contribution >= 4 is 87.3 Å². The summed E-state index contributed by atoms with van der Waals surface area (Å²) in [5.74, 6) is -0.713. The van der Waals surface area contributed by atoms with Crippen molar-refractivity contribution in [2.24, 2.45) is 5.92 Å². The SMILES string of the molecule is COC(=O)C1O[C@@H](Oc2ccc(COC(=O)N(C)CCN(C)C(=O)n3ccc4c(N(C)[C@H]5CN(C(=O)CC#N)CC[C@H]5C)ncnc43)cc2NC(=O)CCCCCCCCCOC(=O)N(C)CCN(C)C(=O)Oc2c(OC)ccc3cc4[n+](cc23)CCc2cc3c(cc2-4)OCO3)[C@H](OC(C)=O)[C@@H](O)[C@@H]1OC(C)=O. The van der Waals surface area contributed by atoms with Gasteiger partial charge in [-0.2, -0.15) is 9.83 Å². The molecule has 2 N–H and O–H groups in total. The predicted octanol–water partition coefficient (Wildman–Crippen LogP) is 7.35. The Balaban J connectivity index is 0.680. The number of benzene rings is 3. The Kier molecular flexibility index (Phi) is 26.7. The highest BCUT2D eigenvalue weighted by atomic mass is 16.7. The van der Waals surface area contributed by atoms with Gasteiger partial charge < -0.3 is 91.9 Å². The third-order valence-corrected chi connectivity index (χ3v) is 19.5. The van der Waals surface area contributed by atoms with E-state index in [1.165, 1.54) is 62.9 Å². The maximum Gasteiger partial charge on any atom is 0.415 e. The van der Waals surface area contributed by atoms with Gasteiger partial charge in [-0.05, 0) is 84.2 Å². The van der Waals surface area contributed by atoms with Crippen LogP contribution < -0.4 is 38.5 Å². The molecule has 6 aromatic rings. The fourth-order valence-corrected chi connectivity index (χ4v) is 13.3. The van der Waals surface area contributed by atoms with E-state index in [0.717, 1.165) is 87.4 Å². The Morgan fingerprint density at radius 3 is 2.13 bits per heavy atom. The van der Waals surface area contributed by atoms with E-state index in [1.807, 2.05) is 42.4 Å². The fourth-order valence-electron chi connectivity index (χ4n) is 13.3. The molecule has 10 rings (SSSR count). The number of fused-ring (bicyclic) bond motifs is 6. The number of aryl methyl sites for hydroxylation is 2. The van der Waals surface area contributed by atoms with Gasteiger partial charge in [0.1, 0.15) is 37.0 Å². The molecule has 0 saturated carbocycles. The number of amides is 6. The number of unbranched alkanes of at least 4 members (excludes halogenated alkanes) is 6. The average molecular weight is 1500 g/mol. The zero-order valence-electron chi connectivity index (χ0n) is 62.4. The smallest absolute Gasteiger partial charge is 0.415 e. The van der Waals surface area contributed by atoms with Crippen LogP contribution in [0.15, 0.2) is 73.3 Å². The van der Waals surface area contributed by atoms with Crippen LogP contribution >= 0.6 is 0 Å². The van der Waals surface area contributed by atoms with E-state index in [2.05, 4.69) is 32.8 Å². The van der Waals surface area contributed by atoms with Gasteiger partial charge in [0.25, 0.3) is 0 Å². The largest absolute Gasteiger partial charge is 0.493 e. The van der Waals surface area contributed by atoms with E-state index >= 15 is 0 Å². The zero-order chi connectivity index (χ0) is 77.5. The maximum absolute atomic E-state index is 13.9. The lowest BCUT2D eigenvalue weighted by molar-refractivity contribution is -0.686.